The molecule has 1 fully saturated rings. The van der Waals surface area contributed by atoms with E-state index in [0.717, 1.165) is 11.1 Å². The van der Waals surface area contributed by atoms with Gasteiger partial charge >= 0.3 is 23.9 Å². The number of hydrogen-bond donors (Lipinski definition) is 2. The lowest BCUT2D eigenvalue weighted by Gasteiger charge is -2.32. The minimum Gasteiger partial charge on any atom is -0.478 e. The lowest BCUT2D eigenvalue weighted by molar-refractivity contribution is -0.145. The number of fused-ring (bicyclic) bond motifs is 8. The van der Waals surface area contributed by atoms with Crippen molar-refractivity contribution in [3.8, 4) is 0 Å². The molecule has 7 heterocycles. The monoisotopic (exact) mass is 716 g/mol. The maximum absolute atomic E-state index is 14.4. The minimum atomic E-state index is -1.90. The van der Waals surface area contributed by atoms with E-state index in [0.29, 0.717) is 54.8 Å². The summed E-state index contributed by atoms with van der Waals surface area (Å²) in [5.74, 6) is -2.54. The Kier molecular flexibility index (Phi) is 8.98. The molecule has 52 heavy (non-hydrogen) atoms. The summed E-state index contributed by atoms with van der Waals surface area (Å²) in [6.45, 7) is 15.3. The first kappa shape index (κ1) is 35.7. The van der Waals surface area contributed by atoms with E-state index in [9.17, 15) is 29.4 Å². The number of hydrogen-bond acceptors (Lipinski definition) is 11. The first-order valence-electron chi connectivity index (χ1n) is 17.7. The zero-order valence-electron chi connectivity index (χ0n) is 29.8. The van der Waals surface area contributed by atoms with E-state index in [1.165, 1.54) is 13.0 Å². The molecule has 2 aromatic rings. The highest BCUT2D eigenvalue weighted by Crippen LogP contribution is 2.54. The number of rotatable bonds is 5. The summed E-state index contributed by atoms with van der Waals surface area (Å²) >= 11 is 0. The highest BCUT2D eigenvalue weighted by molar-refractivity contribution is 5.92. The minimum absolute atomic E-state index is 0.0715. The van der Waals surface area contributed by atoms with E-state index in [-0.39, 0.29) is 59.7 Å². The number of carboxylic acids is 1. The van der Waals surface area contributed by atoms with Gasteiger partial charge in [0.05, 0.1) is 0 Å². The van der Waals surface area contributed by atoms with Crippen LogP contribution in [0.4, 0.5) is 0 Å². The molecule has 0 amide bonds. The van der Waals surface area contributed by atoms with E-state index < -0.39 is 53.5 Å². The molecule has 8 bridgehead atoms. The van der Waals surface area contributed by atoms with Gasteiger partial charge in [-0.15, -0.1) is 0 Å². The fourth-order valence-corrected chi connectivity index (χ4v) is 7.94. The molecule has 0 aliphatic carbocycles. The molecule has 0 aromatic carbocycles. The number of epoxide rings is 1. The van der Waals surface area contributed by atoms with E-state index in [2.05, 4.69) is 13.2 Å². The molecule has 276 valence electrons. The molecule has 5 aliphatic rings. The second-order valence-electron chi connectivity index (χ2n) is 15.5. The number of aromatic carboxylic acids is 1. The van der Waals surface area contributed by atoms with Gasteiger partial charge < -0.3 is 38.0 Å². The summed E-state index contributed by atoms with van der Waals surface area (Å²) in [5.41, 5.74) is 0.0236. The van der Waals surface area contributed by atoms with Crippen LogP contribution in [0.15, 0.2) is 68.6 Å². The third-order valence-electron chi connectivity index (χ3n) is 11.1. The largest absolute Gasteiger partial charge is 0.478 e. The van der Waals surface area contributed by atoms with E-state index in [4.69, 9.17) is 27.8 Å². The van der Waals surface area contributed by atoms with Crippen molar-refractivity contribution in [3.05, 3.63) is 93.9 Å². The molecule has 2 aromatic heterocycles. The highest BCUT2D eigenvalue weighted by Gasteiger charge is 2.57. The van der Waals surface area contributed by atoms with Crippen LogP contribution in [0, 0.1) is 11.8 Å². The van der Waals surface area contributed by atoms with Gasteiger partial charge in [0, 0.05) is 36.8 Å². The zero-order chi connectivity index (χ0) is 37.3. The van der Waals surface area contributed by atoms with Gasteiger partial charge in [0.2, 0.25) is 0 Å². The zero-order valence-corrected chi connectivity index (χ0v) is 29.8. The van der Waals surface area contributed by atoms with Crippen LogP contribution in [0.5, 0.6) is 0 Å². The Morgan fingerprint density at radius 1 is 0.827 bits per heavy atom. The Labute approximate surface area is 301 Å². The summed E-state index contributed by atoms with van der Waals surface area (Å²) in [7, 11) is 0. The topological polar surface area (TPSA) is 175 Å². The smallest absolute Gasteiger partial charge is 0.342 e. The standard InChI is InChI=1S/C40H44O12/c1-19(2)21-7-9-23-11-25(47-36(23)43)17-39(5,46)33(31-15-27(35(41)42)29(13-21)49-31)51-38(45)28-16-32-34-40(6,52-34)18-26-12-24(37(44)48-26)10-8-22(20(3)4)14-30(28)50-32/h11-12,15-16,21-22,25-26,33-34,46H,1,3,7-10,13-14,17-18H2,2,4-6H3,(H,41,42)/t21-,22-,25-,26-,33+,34-,39-,40+/m0/s1. The summed E-state index contributed by atoms with van der Waals surface area (Å²) < 4.78 is 36.0. The second kappa shape index (κ2) is 13.1. The first-order valence-corrected chi connectivity index (χ1v) is 17.7. The number of ether oxygens (including phenoxy) is 4. The molecule has 2 N–H and O–H groups in total. The lowest BCUT2D eigenvalue weighted by Crippen LogP contribution is -2.39. The highest BCUT2D eigenvalue weighted by atomic mass is 16.6. The molecule has 0 radical (unpaired) electrons. The van der Waals surface area contributed by atoms with E-state index in [1.807, 2.05) is 26.8 Å². The average Bonchev–Trinajstić information content (AvgIpc) is 3.51. The predicted octanol–water partition coefficient (Wildman–Crippen LogP) is 6.59. The van der Waals surface area contributed by atoms with Crippen molar-refractivity contribution in [2.45, 2.75) is 115 Å². The second-order valence-corrected chi connectivity index (χ2v) is 15.5. The summed E-state index contributed by atoms with van der Waals surface area (Å²) in [5, 5.41) is 22.2. The molecule has 12 nitrogen and oxygen atoms in total. The van der Waals surface area contributed by atoms with Crippen molar-refractivity contribution in [1.29, 1.82) is 0 Å². The van der Waals surface area contributed by atoms with Crippen LogP contribution >= 0.6 is 0 Å². The van der Waals surface area contributed by atoms with Gasteiger partial charge in [-0.05, 0) is 89.5 Å². The Hall–Kier alpha value is -4.68. The lowest BCUT2D eigenvalue weighted by atomic mass is 9.87. The summed E-state index contributed by atoms with van der Waals surface area (Å²) in [6.07, 6.45) is 2.75. The maximum Gasteiger partial charge on any atom is 0.342 e. The predicted molar refractivity (Wildman–Crippen MR) is 183 cm³/mol. The summed E-state index contributed by atoms with van der Waals surface area (Å²) in [4.78, 5) is 52.3. The van der Waals surface area contributed by atoms with Crippen LogP contribution in [-0.2, 0) is 41.4 Å². The van der Waals surface area contributed by atoms with Gasteiger partial charge in [0.25, 0.3) is 0 Å². The van der Waals surface area contributed by atoms with Crippen LogP contribution in [0.25, 0.3) is 0 Å². The number of allylic oxidation sites excluding steroid dienone is 2. The molecule has 5 aliphatic heterocycles. The molecular weight excluding hydrogens is 672 g/mol. The molecule has 12 heteroatoms. The molecule has 7 rings (SSSR count). The number of carbonyl (C=O) groups is 4. The number of esters is 3. The molecule has 0 saturated carbocycles. The van der Waals surface area contributed by atoms with Crippen molar-refractivity contribution in [3.63, 3.8) is 0 Å². The van der Waals surface area contributed by atoms with Crippen molar-refractivity contribution < 1.29 is 57.2 Å². The van der Waals surface area contributed by atoms with Crippen molar-refractivity contribution in [2.24, 2.45) is 11.8 Å². The normalized spacial score (nSPS) is 32.8. The van der Waals surface area contributed by atoms with Crippen molar-refractivity contribution >= 4 is 23.9 Å². The molecule has 1 saturated heterocycles. The first-order chi connectivity index (χ1) is 24.5. The van der Waals surface area contributed by atoms with Crippen molar-refractivity contribution in [1.82, 2.24) is 0 Å². The van der Waals surface area contributed by atoms with Crippen LogP contribution in [0.1, 0.15) is 122 Å². The van der Waals surface area contributed by atoms with Crippen molar-refractivity contribution in [2.75, 3.05) is 0 Å². The molecular formula is C40H44O12. The van der Waals surface area contributed by atoms with Gasteiger partial charge in [-0.1, -0.05) is 24.3 Å². The van der Waals surface area contributed by atoms with E-state index >= 15 is 0 Å². The van der Waals surface area contributed by atoms with Gasteiger partial charge in [-0.2, -0.15) is 0 Å². The number of furan rings is 2. The molecule has 8 atom stereocenters. The third kappa shape index (κ3) is 6.81. The fraction of sp³-hybridized carbons (Fsp3) is 0.500. The number of carboxylic acid groups (broad SMARTS) is 1. The Morgan fingerprint density at radius 3 is 1.90 bits per heavy atom. The van der Waals surface area contributed by atoms with E-state index in [1.54, 1.807) is 12.1 Å². The van der Waals surface area contributed by atoms with Crippen LogP contribution in [0.3, 0.4) is 0 Å². The number of aliphatic hydroxyl groups is 1. The number of carbonyl (C=O) groups excluding carboxylic acids is 3. The summed E-state index contributed by atoms with van der Waals surface area (Å²) in [6, 6.07) is 2.85. The maximum atomic E-state index is 14.4. The van der Waals surface area contributed by atoms with Gasteiger partial charge in [0.15, 0.2) is 6.10 Å². The Balaban J connectivity index is 1.26. The van der Waals surface area contributed by atoms with Gasteiger partial charge in [0.1, 0.15) is 63.7 Å². The fourth-order valence-electron chi connectivity index (χ4n) is 7.94. The Morgan fingerprint density at radius 2 is 1.35 bits per heavy atom. The van der Waals surface area contributed by atoms with Gasteiger partial charge in [-0.25, -0.2) is 19.2 Å². The van der Waals surface area contributed by atoms with Crippen LogP contribution in [-0.4, -0.2) is 57.5 Å². The quantitative estimate of drug-likeness (QED) is 0.147. The molecule has 0 unspecified atom stereocenters. The third-order valence-corrected chi connectivity index (χ3v) is 11.1. The Bertz CT molecular complexity index is 1940. The van der Waals surface area contributed by atoms with Crippen LogP contribution in [0.2, 0.25) is 0 Å². The average molecular weight is 717 g/mol. The van der Waals surface area contributed by atoms with Gasteiger partial charge in [-0.3, -0.25) is 0 Å². The van der Waals surface area contributed by atoms with Crippen LogP contribution < -0.4 is 0 Å². The SMILES string of the molecule is C=C(C)[C@H]1CCC2=C[C@@H](C[C@](C)(O)[C@H](OC(=O)c3cc4oc3C[C@@H](C(=C)C)CCC3=C[C@@H](C[C@@]5(C)O[C@@H]45)OC3=O)c3cc(C(=O)O)c(o3)C1)OC2=O. The molecule has 0 spiro atoms.